The van der Waals surface area contributed by atoms with Crippen molar-refractivity contribution in [3.05, 3.63) is 96.1 Å². The van der Waals surface area contributed by atoms with E-state index in [0.717, 1.165) is 5.56 Å². The summed E-state index contributed by atoms with van der Waals surface area (Å²) in [6.45, 7) is 2.31. The highest BCUT2D eigenvalue weighted by atomic mass is 19.1. The normalized spacial score (nSPS) is 10.8. The predicted molar refractivity (Wildman–Crippen MR) is 148 cm³/mol. The van der Waals surface area contributed by atoms with Crippen molar-refractivity contribution in [1.29, 1.82) is 0 Å². The molecule has 3 aromatic carbocycles. The van der Waals surface area contributed by atoms with Gasteiger partial charge in [-0.1, -0.05) is 30.3 Å². The number of benzene rings is 3. The molecule has 0 aliphatic rings. The summed E-state index contributed by atoms with van der Waals surface area (Å²) in [5.41, 5.74) is 2.25. The fourth-order valence-electron chi connectivity index (χ4n) is 4.08. The van der Waals surface area contributed by atoms with Gasteiger partial charge < -0.3 is 24.3 Å². The molecule has 2 aromatic heterocycles. The van der Waals surface area contributed by atoms with Crippen LogP contribution >= 0.6 is 0 Å². The Morgan fingerprint density at radius 3 is 2.58 bits per heavy atom. The lowest BCUT2D eigenvalue weighted by atomic mass is 10.1. The molecule has 0 aliphatic heterocycles. The Kier molecular flexibility index (Phi) is 7.77. The minimum atomic E-state index is -0.613. The van der Waals surface area contributed by atoms with Gasteiger partial charge in [-0.25, -0.2) is 9.18 Å². The molecule has 5 rings (SSSR count). The number of rotatable bonds is 10. The largest absolute Gasteiger partial charge is 0.493 e. The summed E-state index contributed by atoms with van der Waals surface area (Å²) >= 11 is 0. The molecule has 0 saturated heterocycles. The summed E-state index contributed by atoms with van der Waals surface area (Å²) in [7, 11) is 3.23. The summed E-state index contributed by atoms with van der Waals surface area (Å²) in [6, 6.07) is 19.3. The number of aryl methyl sites for hydroxylation is 1. The van der Waals surface area contributed by atoms with Crippen LogP contribution in [0.25, 0.3) is 10.9 Å². The Bertz CT molecular complexity index is 1660. The zero-order valence-electron chi connectivity index (χ0n) is 22.2. The van der Waals surface area contributed by atoms with E-state index in [-0.39, 0.29) is 23.7 Å². The first kappa shape index (κ1) is 26.5. The van der Waals surface area contributed by atoms with E-state index in [9.17, 15) is 4.79 Å². The first-order chi connectivity index (χ1) is 19.4. The quantitative estimate of drug-likeness (QED) is 0.202. The van der Waals surface area contributed by atoms with E-state index < -0.39 is 11.8 Å². The Hall–Kier alpha value is -5.12. The molecule has 0 spiro atoms. The SMILES string of the molecule is CCOC(=O)c1cn(C)nc1Nc1ccc(Oc2ccnc3cc(OCc4ccccc4)c(OC)cc23)c(F)c1. The number of carbonyl (C=O) groups excluding carboxylic acids is 1. The maximum Gasteiger partial charge on any atom is 0.343 e. The van der Waals surface area contributed by atoms with Crippen LogP contribution in [0.15, 0.2) is 79.1 Å². The average molecular weight is 543 g/mol. The maximum absolute atomic E-state index is 15.2. The van der Waals surface area contributed by atoms with Gasteiger partial charge in [0.2, 0.25) is 0 Å². The molecule has 2 heterocycles. The number of methoxy groups -OCH3 is 1. The van der Waals surface area contributed by atoms with E-state index in [1.54, 1.807) is 51.5 Å². The summed E-state index contributed by atoms with van der Waals surface area (Å²) in [4.78, 5) is 16.7. The molecule has 0 atom stereocenters. The van der Waals surface area contributed by atoms with Gasteiger partial charge in [-0.2, -0.15) is 5.10 Å². The van der Waals surface area contributed by atoms with Crippen molar-refractivity contribution >= 4 is 28.4 Å². The lowest BCUT2D eigenvalue weighted by Crippen LogP contribution is -2.06. The van der Waals surface area contributed by atoms with E-state index in [4.69, 9.17) is 18.9 Å². The molecule has 5 aromatic rings. The number of carbonyl (C=O) groups is 1. The minimum absolute atomic E-state index is 0.00746. The molecule has 0 radical (unpaired) electrons. The molecule has 0 saturated carbocycles. The highest BCUT2D eigenvalue weighted by molar-refractivity contribution is 5.95. The van der Waals surface area contributed by atoms with E-state index in [1.165, 1.54) is 23.0 Å². The zero-order valence-corrected chi connectivity index (χ0v) is 22.2. The minimum Gasteiger partial charge on any atom is -0.493 e. The van der Waals surface area contributed by atoms with Crippen LogP contribution in [0.1, 0.15) is 22.8 Å². The van der Waals surface area contributed by atoms with Crippen LogP contribution in [0.2, 0.25) is 0 Å². The molecule has 1 N–H and O–H groups in total. The van der Waals surface area contributed by atoms with Gasteiger partial charge >= 0.3 is 5.97 Å². The third-order valence-electron chi connectivity index (χ3n) is 5.96. The van der Waals surface area contributed by atoms with Crippen LogP contribution in [-0.2, 0) is 18.4 Å². The van der Waals surface area contributed by atoms with Crippen LogP contribution in [0, 0.1) is 5.82 Å². The highest BCUT2D eigenvalue weighted by Crippen LogP contribution is 2.38. The number of hydrogen-bond donors (Lipinski definition) is 1. The van der Waals surface area contributed by atoms with E-state index >= 15 is 4.39 Å². The van der Waals surface area contributed by atoms with E-state index in [1.807, 2.05) is 30.3 Å². The highest BCUT2D eigenvalue weighted by Gasteiger charge is 2.18. The summed E-state index contributed by atoms with van der Waals surface area (Å²) in [5.74, 6) is 0.549. The molecule has 9 nitrogen and oxygen atoms in total. The smallest absolute Gasteiger partial charge is 0.343 e. The zero-order chi connectivity index (χ0) is 28.1. The maximum atomic E-state index is 15.2. The summed E-state index contributed by atoms with van der Waals surface area (Å²) < 4.78 is 39.2. The third-order valence-corrected chi connectivity index (χ3v) is 5.96. The van der Waals surface area contributed by atoms with Gasteiger partial charge in [0.1, 0.15) is 17.9 Å². The average Bonchev–Trinajstić information content (AvgIpc) is 3.33. The fraction of sp³-hybridized carbons (Fsp3) is 0.167. The van der Waals surface area contributed by atoms with Crippen molar-refractivity contribution in [1.82, 2.24) is 14.8 Å². The molecule has 204 valence electrons. The first-order valence-electron chi connectivity index (χ1n) is 12.5. The number of esters is 1. The number of pyridine rings is 1. The number of nitrogens with zero attached hydrogens (tertiary/aromatic N) is 3. The Balaban J connectivity index is 1.37. The van der Waals surface area contributed by atoms with Gasteiger partial charge in [0.25, 0.3) is 0 Å². The second kappa shape index (κ2) is 11.7. The summed E-state index contributed by atoms with van der Waals surface area (Å²) in [6.07, 6.45) is 3.12. The predicted octanol–water partition coefficient (Wildman–Crippen LogP) is 6.41. The van der Waals surface area contributed by atoms with Gasteiger partial charge in [0.15, 0.2) is 28.9 Å². The second-order valence-electron chi connectivity index (χ2n) is 8.76. The summed E-state index contributed by atoms with van der Waals surface area (Å²) in [5, 5.41) is 7.83. The van der Waals surface area contributed by atoms with E-state index in [0.29, 0.717) is 40.4 Å². The number of halogens is 1. The molecule has 0 bridgehead atoms. The third kappa shape index (κ3) is 5.80. The van der Waals surface area contributed by atoms with Crippen LogP contribution in [0.5, 0.6) is 23.0 Å². The van der Waals surface area contributed by atoms with Crippen molar-refractivity contribution in [2.75, 3.05) is 19.0 Å². The lowest BCUT2D eigenvalue weighted by Gasteiger charge is -2.14. The number of nitrogens with one attached hydrogen (secondary N) is 1. The van der Waals surface area contributed by atoms with Gasteiger partial charge in [-0.15, -0.1) is 0 Å². The molecule has 0 amide bonds. The van der Waals surface area contributed by atoms with Crippen molar-refractivity contribution in [3.63, 3.8) is 0 Å². The molecule has 0 aliphatic carbocycles. The van der Waals surface area contributed by atoms with Gasteiger partial charge in [0, 0.05) is 42.6 Å². The van der Waals surface area contributed by atoms with Crippen LogP contribution in [-0.4, -0.2) is 34.5 Å². The molecule has 10 heteroatoms. The number of ether oxygens (including phenoxy) is 4. The molecule has 0 unspecified atom stereocenters. The van der Waals surface area contributed by atoms with Crippen molar-refractivity contribution in [2.24, 2.45) is 7.05 Å². The van der Waals surface area contributed by atoms with Crippen LogP contribution < -0.4 is 19.5 Å². The van der Waals surface area contributed by atoms with Gasteiger partial charge in [-0.05, 0) is 36.8 Å². The van der Waals surface area contributed by atoms with Gasteiger partial charge in [-0.3, -0.25) is 9.67 Å². The topological polar surface area (TPSA) is 96.7 Å². The molecular formula is C30H27FN4O5. The fourth-order valence-corrected chi connectivity index (χ4v) is 4.08. The van der Waals surface area contributed by atoms with Crippen molar-refractivity contribution in [2.45, 2.75) is 13.5 Å². The number of aromatic nitrogens is 3. The standard InChI is InChI=1S/C30H27FN4O5/c1-4-38-30(36)22-17-35(2)34-29(22)33-20-10-11-26(23(31)14-20)40-25-12-13-32-24-16-28(27(37-3)15-21(24)25)39-18-19-8-6-5-7-9-19/h5-17H,4,18H2,1-3H3,(H,33,34). The Morgan fingerprint density at radius 1 is 1.00 bits per heavy atom. The molecule has 0 fully saturated rings. The van der Waals surface area contributed by atoms with Crippen molar-refractivity contribution < 1.29 is 28.1 Å². The number of anilines is 2. The second-order valence-corrected chi connectivity index (χ2v) is 8.76. The molecule has 40 heavy (non-hydrogen) atoms. The Labute approximate surface area is 230 Å². The number of fused-ring (bicyclic) bond motifs is 1. The monoisotopic (exact) mass is 542 g/mol. The van der Waals surface area contributed by atoms with Crippen LogP contribution in [0.3, 0.4) is 0 Å². The van der Waals surface area contributed by atoms with Gasteiger partial charge in [0.05, 0.1) is 19.2 Å². The number of hydrogen-bond acceptors (Lipinski definition) is 8. The molecular weight excluding hydrogens is 515 g/mol. The van der Waals surface area contributed by atoms with Crippen LogP contribution in [0.4, 0.5) is 15.9 Å². The lowest BCUT2D eigenvalue weighted by molar-refractivity contribution is 0.0527. The van der Waals surface area contributed by atoms with Crippen molar-refractivity contribution in [3.8, 4) is 23.0 Å². The van der Waals surface area contributed by atoms with E-state index in [2.05, 4.69) is 15.4 Å². The first-order valence-corrected chi connectivity index (χ1v) is 12.5. The Morgan fingerprint density at radius 2 is 1.82 bits per heavy atom.